The lowest BCUT2D eigenvalue weighted by molar-refractivity contribution is 0.357. The average molecular weight is 277 g/mol. The Kier molecular flexibility index (Phi) is 5.35. The van der Waals surface area contributed by atoms with Crippen LogP contribution in [0.15, 0.2) is 10.9 Å². The van der Waals surface area contributed by atoms with Gasteiger partial charge in [0, 0.05) is 24.3 Å². The van der Waals surface area contributed by atoms with Gasteiger partial charge >= 0.3 is 0 Å². The van der Waals surface area contributed by atoms with Crippen molar-refractivity contribution in [2.24, 2.45) is 5.92 Å². The number of nitrogens with zero attached hydrogens (tertiary/aromatic N) is 2. The van der Waals surface area contributed by atoms with E-state index in [4.69, 9.17) is 0 Å². The summed E-state index contributed by atoms with van der Waals surface area (Å²) in [4.78, 5) is 16.4. The molecule has 0 aromatic carbocycles. The first-order chi connectivity index (χ1) is 9.61. The minimum Gasteiger partial charge on any atom is -0.314 e. The van der Waals surface area contributed by atoms with Crippen LogP contribution in [0.3, 0.4) is 0 Å². The summed E-state index contributed by atoms with van der Waals surface area (Å²) in [6.45, 7) is 7.91. The van der Waals surface area contributed by atoms with Gasteiger partial charge in [-0.1, -0.05) is 13.3 Å². The molecule has 1 aliphatic rings. The fourth-order valence-electron chi connectivity index (χ4n) is 3.31. The van der Waals surface area contributed by atoms with E-state index in [1.54, 1.807) is 6.07 Å². The van der Waals surface area contributed by atoms with Crippen molar-refractivity contribution in [1.82, 2.24) is 14.9 Å². The standard InChI is InChI=1S/C16H27N3O/c1-4-9-17-15-7-5-6-14(15)8-10-19-13(3)18-12(2)11-16(19)20/h11,14-15,17H,4-10H2,1-3H3. The van der Waals surface area contributed by atoms with Gasteiger partial charge < -0.3 is 5.32 Å². The molecule has 4 nitrogen and oxygen atoms in total. The molecular weight excluding hydrogens is 250 g/mol. The van der Waals surface area contributed by atoms with Crippen LogP contribution < -0.4 is 10.9 Å². The maximum absolute atomic E-state index is 12.0. The molecule has 1 saturated carbocycles. The van der Waals surface area contributed by atoms with E-state index in [1.807, 2.05) is 18.4 Å². The van der Waals surface area contributed by atoms with Crippen molar-refractivity contribution in [2.45, 2.75) is 65.5 Å². The molecule has 1 aliphatic carbocycles. The molecule has 2 atom stereocenters. The lowest BCUT2D eigenvalue weighted by Crippen LogP contribution is -2.34. The van der Waals surface area contributed by atoms with Crippen LogP contribution in [0.25, 0.3) is 0 Å². The summed E-state index contributed by atoms with van der Waals surface area (Å²) in [5.41, 5.74) is 0.901. The van der Waals surface area contributed by atoms with Crippen LogP contribution >= 0.6 is 0 Å². The minimum absolute atomic E-state index is 0.0889. The van der Waals surface area contributed by atoms with Crippen molar-refractivity contribution in [2.75, 3.05) is 6.54 Å². The fourth-order valence-corrected chi connectivity index (χ4v) is 3.31. The van der Waals surface area contributed by atoms with Crippen LogP contribution in [0.1, 0.15) is 50.5 Å². The van der Waals surface area contributed by atoms with Crippen molar-refractivity contribution in [3.63, 3.8) is 0 Å². The van der Waals surface area contributed by atoms with Crippen LogP contribution in [0.2, 0.25) is 0 Å². The molecule has 20 heavy (non-hydrogen) atoms. The minimum atomic E-state index is 0.0889. The Morgan fingerprint density at radius 1 is 1.40 bits per heavy atom. The van der Waals surface area contributed by atoms with Gasteiger partial charge in [-0.2, -0.15) is 0 Å². The average Bonchev–Trinajstić information content (AvgIpc) is 2.82. The summed E-state index contributed by atoms with van der Waals surface area (Å²) in [6, 6.07) is 2.28. The Morgan fingerprint density at radius 3 is 2.90 bits per heavy atom. The largest absolute Gasteiger partial charge is 0.314 e. The molecule has 0 spiro atoms. The summed E-state index contributed by atoms with van der Waals surface area (Å²) >= 11 is 0. The Hall–Kier alpha value is -1.16. The third kappa shape index (κ3) is 3.69. The van der Waals surface area contributed by atoms with E-state index in [1.165, 1.54) is 25.7 Å². The van der Waals surface area contributed by atoms with Gasteiger partial charge in [0.05, 0.1) is 0 Å². The summed E-state index contributed by atoms with van der Waals surface area (Å²) < 4.78 is 1.82. The van der Waals surface area contributed by atoms with Gasteiger partial charge in [0.1, 0.15) is 5.82 Å². The first kappa shape index (κ1) is 15.2. The van der Waals surface area contributed by atoms with Crippen LogP contribution in [0.5, 0.6) is 0 Å². The zero-order chi connectivity index (χ0) is 14.5. The van der Waals surface area contributed by atoms with Crippen LogP contribution in [-0.4, -0.2) is 22.1 Å². The van der Waals surface area contributed by atoms with Crippen molar-refractivity contribution >= 4 is 0 Å². The first-order valence-corrected chi connectivity index (χ1v) is 7.90. The molecule has 0 radical (unpaired) electrons. The van der Waals surface area contributed by atoms with Crippen LogP contribution in [0, 0.1) is 19.8 Å². The zero-order valence-electron chi connectivity index (χ0n) is 13.0. The second kappa shape index (κ2) is 7.02. The Labute approximate surface area is 121 Å². The molecule has 0 saturated heterocycles. The molecule has 1 aromatic heterocycles. The molecule has 1 aromatic rings. The van der Waals surface area contributed by atoms with Crippen molar-refractivity contribution in [3.05, 3.63) is 27.9 Å². The van der Waals surface area contributed by atoms with Gasteiger partial charge in [0.15, 0.2) is 0 Å². The van der Waals surface area contributed by atoms with Crippen LogP contribution in [-0.2, 0) is 6.54 Å². The van der Waals surface area contributed by atoms with E-state index in [-0.39, 0.29) is 5.56 Å². The SMILES string of the molecule is CCCNC1CCCC1CCn1c(C)nc(C)cc1=O. The second-order valence-corrected chi connectivity index (χ2v) is 5.97. The van der Waals surface area contributed by atoms with Crippen molar-refractivity contribution in [3.8, 4) is 0 Å². The van der Waals surface area contributed by atoms with Gasteiger partial charge in [-0.05, 0) is 52.0 Å². The van der Waals surface area contributed by atoms with E-state index in [0.29, 0.717) is 12.0 Å². The molecule has 1 heterocycles. The smallest absolute Gasteiger partial charge is 0.253 e. The molecule has 1 fully saturated rings. The second-order valence-electron chi connectivity index (χ2n) is 5.97. The third-order valence-electron chi connectivity index (χ3n) is 4.37. The molecule has 1 N–H and O–H groups in total. The van der Waals surface area contributed by atoms with E-state index in [9.17, 15) is 4.79 Å². The highest BCUT2D eigenvalue weighted by Gasteiger charge is 2.26. The summed E-state index contributed by atoms with van der Waals surface area (Å²) in [6.07, 6.45) is 6.14. The number of hydrogen-bond acceptors (Lipinski definition) is 3. The topological polar surface area (TPSA) is 46.9 Å². The normalized spacial score (nSPS) is 22.4. The maximum atomic E-state index is 12.0. The molecule has 0 bridgehead atoms. The maximum Gasteiger partial charge on any atom is 0.253 e. The highest BCUT2D eigenvalue weighted by atomic mass is 16.1. The molecule has 4 heteroatoms. The Morgan fingerprint density at radius 2 is 2.20 bits per heavy atom. The lowest BCUT2D eigenvalue weighted by atomic mass is 9.99. The van der Waals surface area contributed by atoms with E-state index in [2.05, 4.69) is 17.2 Å². The van der Waals surface area contributed by atoms with E-state index < -0.39 is 0 Å². The predicted octanol–water partition coefficient (Wildman–Crippen LogP) is 2.42. The zero-order valence-corrected chi connectivity index (χ0v) is 13.0. The number of aryl methyl sites for hydroxylation is 2. The Bertz CT molecular complexity index is 495. The molecule has 112 valence electrons. The predicted molar refractivity (Wildman–Crippen MR) is 82.0 cm³/mol. The summed E-state index contributed by atoms with van der Waals surface area (Å²) in [5.74, 6) is 1.54. The number of rotatable bonds is 6. The first-order valence-electron chi connectivity index (χ1n) is 7.90. The van der Waals surface area contributed by atoms with Gasteiger partial charge in [-0.15, -0.1) is 0 Å². The highest BCUT2D eigenvalue weighted by Crippen LogP contribution is 2.28. The molecule has 0 amide bonds. The number of aromatic nitrogens is 2. The summed E-state index contributed by atoms with van der Waals surface area (Å²) in [7, 11) is 0. The van der Waals surface area contributed by atoms with E-state index >= 15 is 0 Å². The monoisotopic (exact) mass is 277 g/mol. The van der Waals surface area contributed by atoms with Gasteiger partial charge in [0.2, 0.25) is 0 Å². The molecule has 0 aliphatic heterocycles. The van der Waals surface area contributed by atoms with Crippen LogP contribution in [0.4, 0.5) is 0 Å². The number of nitrogens with one attached hydrogen (secondary N) is 1. The van der Waals surface area contributed by atoms with Gasteiger partial charge in [0.25, 0.3) is 5.56 Å². The Balaban J connectivity index is 1.96. The summed E-state index contributed by atoms with van der Waals surface area (Å²) in [5, 5.41) is 3.65. The quantitative estimate of drug-likeness (QED) is 0.868. The number of hydrogen-bond donors (Lipinski definition) is 1. The van der Waals surface area contributed by atoms with Gasteiger partial charge in [-0.25, -0.2) is 4.98 Å². The fraction of sp³-hybridized carbons (Fsp3) is 0.750. The highest BCUT2D eigenvalue weighted by molar-refractivity contribution is 5.01. The van der Waals surface area contributed by atoms with Crippen molar-refractivity contribution in [1.29, 1.82) is 0 Å². The third-order valence-corrected chi connectivity index (χ3v) is 4.37. The van der Waals surface area contributed by atoms with Gasteiger partial charge in [-0.3, -0.25) is 9.36 Å². The van der Waals surface area contributed by atoms with Crippen molar-refractivity contribution < 1.29 is 0 Å². The molecule has 2 rings (SSSR count). The molecular formula is C16H27N3O. The lowest BCUT2D eigenvalue weighted by Gasteiger charge is -2.21. The molecule has 2 unspecified atom stereocenters. The van der Waals surface area contributed by atoms with E-state index in [0.717, 1.165) is 31.0 Å².